The molecule has 1 saturated heterocycles. The van der Waals surface area contributed by atoms with Crippen molar-refractivity contribution in [1.82, 2.24) is 20.1 Å². The number of aromatic nitrogens is 3. The molecule has 4 heteroatoms. The summed E-state index contributed by atoms with van der Waals surface area (Å²) in [6.45, 7) is 4.48. The van der Waals surface area contributed by atoms with E-state index in [-0.39, 0.29) is 0 Å². The minimum Gasteiger partial charge on any atom is -0.317 e. The zero-order valence-electron chi connectivity index (χ0n) is 9.95. The molecule has 2 aliphatic rings. The van der Waals surface area contributed by atoms with E-state index in [1.165, 1.54) is 31.5 Å². The van der Waals surface area contributed by atoms with Gasteiger partial charge in [0, 0.05) is 12.3 Å². The molecule has 1 aromatic rings. The molecule has 4 nitrogen and oxygen atoms in total. The van der Waals surface area contributed by atoms with Crippen LogP contribution < -0.4 is 5.32 Å². The van der Waals surface area contributed by atoms with Gasteiger partial charge in [0.15, 0.2) is 5.82 Å². The van der Waals surface area contributed by atoms with Gasteiger partial charge in [-0.25, -0.2) is 9.67 Å². The Labute approximate surface area is 96.4 Å². The fourth-order valence-electron chi connectivity index (χ4n) is 2.83. The van der Waals surface area contributed by atoms with Gasteiger partial charge in [0.05, 0.1) is 6.04 Å². The molecular formula is C12H20N4. The van der Waals surface area contributed by atoms with Crippen LogP contribution in [0.1, 0.15) is 56.2 Å². The van der Waals surface area contributed by atoms with Gasteiger partial charge in [0.1, 0.15) is 5.82 Å². The lowest BCUT2D eigenvalue weighted by Gasteiger charge is -2.20. The Hall–Kier alpha value is -0.900. The highest BCUT2D eigenvalue weighted by molar-refractivity contribution is 5.03. The number of hydrogen-bond donors (Lipinski definition) is 1. The number of aryl methyl sites for hydroxylation is 1. The van der Waals surface area contributed by atoms with E-state index in [2.05, 4.69) is 16.9 Å². The van der Waals surface area contributed by atoms with Crippen molar-refractivity contribution in [1.29, 1.82) is 0 Å². The zero-order valence-corrected chi connectivity index (χ0v) is 9.95. The van der Waals surface area contributed by atoms with Gasteiger partial charge in [0.25, 0.3) is 0 Å². The number of nitrogens with one attached hydrogen (secondary N) is 1. The Bertz CT molecular complexity index is 365. The van der Waals surface area contributed by atoms with Gasteiger partial charge < -0.3 is 5.32 Å². The van der Waals surface area contributed by atoms with Gasteiger partial charge in [-0.15, -0.1) is 0 Å². The third kappa shape index (κ3) is 1.75. The first kappa shape index (κ1) is 10.3. The van der Waals surface area contributed by atoms with Crippen LogP contribution in [0.2, 0.25) is 0 Å². The van der Waals surface area contributed by atoms with E-state index in [0.717, 1.165) is 25.3 Å². The predicted octanol–water partition coefficient (Wildman–Crippen LogP) is 1.64. The van der Waals surface area contributed by atoms with Crippen LogP contribution >= 0.6 is 0 Å². The molecule has 2 aliphatic heterocycles. The van der Waals surface area contributed by atoms with Crippen LogP contribution in [0, 0.1) is 0 Å². The summed E-state index contributed by atoms with van der Waals surface area (Å²) in [5, 5.41) is 8.13. The standard InChI is InChI=1S/C12H20N4/c1-9-3-2-4-11-14-12(15-16(9)11)10-5-7-13-8-6-10/h9-10,13H,2-8H2,1H3. The predicted molar refractivity (Wildman–Crippen MR) is 62.5 cm³/mol. The molecule has 1 aromatic heterocycles. The number of nitrogens with zero attached hydrogens (tertiary/aromatic N) is 3. The Morgan fingerprint density at radius 2 is 2.06 bits per heavy atom. The average molecular weight is 220 g/mol. The van der Waals surface area contributed by atoms with Gasteiger partial charge in [-0.3, -0.25) is 0 Å². The van der Waals surface area contributed by atoms with Gasteiger partial charge >= 0.3 is 0 Å². The van der Waals surface area contributed by atoms with E-state index in [1.54, 1.807) is 0 Å². The maximum absolute atomic E-state index is 4.75. The van der Waals surface area contributed by atoms with E-state index < -0.39 is 0 Å². The quantitative estimate of drug-likeness (QED) is 0.782. The summed E-state index contributed by atoms with van der Waals surface area (Å²) in [7, 11) is 0. The lowest BCUT2D eigenvalue weighted by Crippen LogP contribution is -2.27. The maximum atomic E-state index is 4.75. The first-order chi connectivity index (χ1) is 7.84. The zero-order chi connectivity index (χ0) is 11.0. The van der Waals surface area contributed by atoms with E-state index in [1.807, 2.05) is 0 Å². The van der Waals surface area contributed by atoms with Crippen molar-refractivity contribution in [3.05, 3.63) is 11.6 Å². The van der Waals surface area contributed by atoms with Crippen molar-refractivity contribution >= 4 is 0 Å². The van der Waals surface area contributed by atoms with Crippen molar-refractivity contribution in [2.75, 3.05) is 13.1 Å². The smallest absolute Gasteiger partial charge is 0.154 e. The highest BCUT2D eigenvalue weighted by Crippen LogP contribution is 2.27. The number of piperidine rings is 1. The Morgan fingerprint density at radius 3 is 2.81 bits per heavy atom. The normalized spacial score (nSPS) is 26.7. The number of rotatable bonds is 1. The summed E-state index contributed by atoms with van der Waals surface area (Å²) in [6, 6.07) is 0.548. The molecule has 1 N–H and O–H groups in total. The second-order valence-corrected chi connectivity index (χ2v) is 5.10. The van der Waals surface area contributed by atoms with Gasteiger partial charge in [-0.05, 0) is 45.7 Å². The molecule has 88 valence electrons. The fourth-order valence-corrected chi connectivity index (χ4v) is 2.83. The summed E-state index contributed by atoms with van der Waals surface area (Å²) in [5.41, 5.74) is 0. The summed E-state index contributed by atoms with van der Waals surface area (Å²) in [4.78, 5) is 4.75. The summed E-state index contributed by atoms with van der Waals surface area (Å²) in [6.07, 6.45) is 6.02. The summed E-state index contributed by atoms with van der Waals surface area (Å²) >= 11 is 0. The van der Waals surface area contributed by atoms with E-state index >= 15 is 0 Å². The second kappa shape index (κ2) is 4.17. The van der Waals surface area contributed by atoms with E-state index in [9.17, 15) is 0 Å². The third-order valence-corrected chi connectivity index (χ3v) is 3.86. The van der Waals surface area contributed by atoms with Crippen molar-refractivity contribution < 1.29 is 0 Å². The summed E-state index contributed by atoms with van der Waals surface area (Å²) < 4.78 is 2.17. The molecule has 3 heterocycles. The SMILES string of the molecule is CC1CCCc2nc(C3CCNCC3)nn21. The highest BCUT2D eigenvalue weighted by Gasteiger charge is 2.24. The molecule has 0 aliphatic carbocycles. The second-order valence-electron chi connectivity index (χ2n) is 5.10. The number of fused-ring (bicyclic) bond motifs is 1. The molecule has 1 atom stereocenters. The van der Waals surface area contributed by atoms with Crippen molar-refractivity contribution in [3.63, 3.8) is 0 Å². The lowest BCUT2D eigenvalue weighted by molar-refractivity contribution is 0.382. The molecule has 1 fully saturated rings. The van der Waals surface area contributed by atoms with Crippen LogP contribution in [0.4, 0.5) is 0 Å². The molecule has 0 radical (unpaired) electrons. The van der Waals surface area contributed by atoms with Crippen LogP contribution in [0.25, 0.3) is 0 Å². The van der Waals surface area contributed by atoms with Crippen molar-refractivity contribution in [2.24, 2.45) is 0 Å². The van der Waals surface area contributed by atoms with Crippen LogP contribution in [0.3, 0.4) is 0 Å². The molecule has 3 rings (SSSR count). The molecule has 0 aromatic carbocycles. The van der Waals surface area contributed by atoms with Gasteiger partial charge in [-0.1, -0.05) is 0 Å². The first-order valence-corrected chi connectivity index (χ1v) is 6.50. The van der Waals surface area contributed by atoms with Crippen LogP contribution in [-0.4, -0.2) is 27.9 Å². The average Bonchev–Trinajstić information content (AvgIpc) is 2.76. The lowest BCUT2D eigenvalue weighted by atomic mass is 9.98. The van der Waals surface area contributed by atoms with Gasteiger partial charge in [-0.2, -0.15) is 5.10 Å². The summed E-state index contributed by atoms with van der Waals surface area (Å²) in [5.74, 6) is 2.91. The minimum absolute atomic E-state index is 0.548. The van der Waals surface area contributed by atoms with Crippen LogP contribution in [0.15, 0.2) is 0 Å². The number of hydrogen-bond acceptors (Lipinski definition) is 3. The molecule has 0 saturated carbocycles. The van der Waals surface area contributed by atoms with E-state index in [0.29, 0.717) is 12.0 Å². The van der Waals surface area contributed by atoms with E-state index in [4.69, 9.17) is 10.1 Å². The van der Waals surface area contributed by atoms with Crippen molar-refractivity contribution in [2.45, 2.75) is 51.0 Å². The molecule has 16 heavy (non-hydrogen) atoms. The molecular weight excluding hydrogens is 200 g/mol. The topological polar surface area (TPSA) is 42.7 Å². The first-order valence-electron chi connectivity index (χ1n) is 6.50. The Morgan fingerprint density at radius 1 is 1.25 bits per heavy atom. The fraction of sp³-hybridized carbons (Fsp3) is 0.833. The maximum Gasteiger partial charge on any atom is 0.154 e. The Kier molecular flexibility index (Phi) is 2.67. The highest BCUT2D eigenvalue weighted by atomic mass is 15.4. The molecule has 1 unspecified atom stereocenters. The monoisotopic (exact) mass is 220 g/mol. The van der Waals surface area contributed by atoms with Crippen LogP contribution in [-0.2, 0) is 6.42 Å². The largest absolute Gasteiger partial charge is 0.317 e. The third-order valence-electron chi connectivity index (χ3n) is 3.86. The van der Waals surface area contributed by atoms with Gasteiger partial charge in [0.2, 0.25) is 0 Å². The molecule has 0 amide bonds. The Balaban J connectivity index is 1.85. The van der Waals surface area contributed by atoms with Crippen LogP contribution in [0.5, 0.6) is 0 Å². The minimum atomic E-state index is 0.548. The van der Waals surface area contributed by atoms with Crippen molar-refractivity contribution in [3.8, 4) is 0 Å². The molecule has 0 spiro atoms. The molecule has 0 bridgehead atoms.